The zero-order valence-corrected chi connectivity index (χ0v) is 20.3. The molecule has 0 radical (unpaired) electrons. The predicted molar refractivity (Wildman–Crippen MR) is 126 cm³/mol. The van der Waals surface area contributed by atoms with E-state index >= 15 is 0 Å². The van der Waals surface area contributed by atoms with Gasteiger partial charge in [-0.1, -0.05) is 54.6 Å². The van der Waals surface area contributed by atoms with Crippen molar-refractivity contribution in [2.45, 2.75) is 31.9 Å². The highest BCUT2D eigenvalue weighted by atomic mass is 32.3. The summed E-state index contributed by atoms with van der Waals surface area (Å²) in [6, 6.07) is 24.6. The molecule has 194 valence electrons. The van der Waals surface area contributed by atoms with E-state index in [4.69, 9.17) is 3.63 Å². The first-order chi connectivity index (χ1) is 17.3. The second kappa shape index (κ2) is 9.88. The summed E-state index contributed by atoms with van der Waals surface area (Å²) in [6.07, 6.45) is -10.5. The molecule has 0 fully saturated rings. The Kier molecular flexibility index (Phi) is 7.15. The van der Waals surface area contributed by atoms with Crippen LogP contribution in [0.15, 0.2) is 129 Å². The van der Waals surface area contributed by atoms with Crippen molar-refractivity contribution in [2.75, 3.05) is 0 Å². The minimum absolute atomic E-state index is 0.134. The van der Waals surface area contributed by atoms with Crippen molar-refractivity contribution in [3.05, 3.63) is 120 Å². The summed E-state index contributed by atoms with van der Waals surface area (Å²) in [5.74, 6) is 0. The Hall–Kier alpha value is -3.28. The van der Waals surface area contributed by atoms with Crippen molar-refractivity contribution in [3.8, 4) is 0 Å². The molecule has 37 heavy (non-hydrogen) atoms. The maximum absolute atomic E-state index is 13.6. The minimum atomic E-state index is -5.23. The third kappa shape index (κ3) is 5.53. The maximum Gasteiger partial charge on any atom is 0.416 e. The molecule has 4 rings (SSSR count). The Bertz CT molecular complexity index is 1340. The topological polar surface area (TPSA) is 43.4 Å². The molecule has 0 aliphatic heterocycles. The van der Waals surface area contributed by atoms with E-state index in [1.54, 1.807) is 91.0 Å². The fraction of sp³-hybridized carbons (Fsp3) is 0.0769. The lowest BCUT2D eigenvalue weighted by atomic mass is 10.1. The Morgan fingerprint density at radius 2 is 0.811 bits per heavy atom. The van der Waals surface area contributed by atoms with Crippen molar-refractivity contribution >= 4 is 20.4 Å². The van der Waals surface area contributed by atoms with Crippen LogP contribution >= 0.6 is 10.3 Å². The van der Waals surface area contributed by atoms with Crippen LogP contribution in [-0.4, -0.2) is 8.42 Å². The molecule has 4 aromatic rings. The average molecular weight is 557 g/mol. The average Bonchev–Trinajstić information content (AvgIpc) is 2.87. The summed E-state index contributed by atoms with van der Waals surface area (Å²) in [4.78, 5) is -0.133. The monoisotopic (exact) mass is 556 g/mol. The number of benzene rings is 4. The molecule has 0 amide bonds. The van der Waals surface area contributed by atoms with E-state index in [2.05, 4.69) is 0 Å². The summed E-state index contributed by atoms with van der Waals surface area (Å²) < 4.78 is 114. The molecule has 0 saturated heterocycles. The highest BCUT2D eigenvalue weighted by Gasteiger charge is 2.42. The van der Waals surface area contributed by atoms with E-state index in [0.717, 1.165) is 0 Å². The van der Waals surface area contributed by atoms with Crippen LogP contribution < -0.4 is 0 Å². The van der Waals surface area contributed by atoms with Crippen molar-refractivity contribution in [3.63, 3.8) is 0 Å². The van der Waals surface area contributed by atoms with Crippen molar-refractivity contribution in [1.82, 2.24) is 0 Å². The molecule has 0 bridgehead atoms. The van der Waals surface area contributed by atoms with Gasteiger partial charge >= 0.3 is 22.5 Å². The molecular weight excluding hydrogens is 538 g/mol. The highest BCUT2D eigenvalue weighted by molar-refractivity contribution is 8.33. The molecule has 11 heteroatoms. The smallest absolute Gasteiger partial charge is 0.203 e. The van der Waals surface area contributed by atoms with Crippen molar-refractivity contribution in [1.29, 1.82) is 0 Å². The molecule has 0 atom stereocenters. The van der Waals surface area contributed by atoms with Crippen LogP contribution in [0.3, 0.4) is 0 Å². The van der Waals surface area contributed by atoms with Crippen LogP contribution in [0.25, 0.3) is 0 Å². The van der Waals surface area contributed by atoms with Gasteiger partial charge in [0.05, 0.1) is 16.0 Å². The van der Waals surface area contributed by atoms with Crippen LogP contribution in [0.2, 0.25) is 0 Å². The standard InChI is InChI=1S/C26H18F6O3S2/c27-25(28,29)19-16-20(26(30,31)32)18-24(17-19)37(33,34)35-36(21-10-4-1-5-11-21,22-12-6-2-7-13-22)23-14-8-3-9-15-23/h1-18H. The van der Waals surface area contributed by atoms with Gasteiger partial charge in [0, 0.05) is 14.7 Å². The van der Waals surface area contributed by atoms with E-state index in [-0.39, 0.29) is 18.2 Å². The van der Waals surface area contributed by atoms with Crippen LogP contribution in [0.1, 0.15) is 11.1 Å². The first-order valence-electron chi connectivity index (χ1n) is 10.6. The van der Waals surface area contributed by atoms with Gasteiger partial charge in [-0.25, -0.2) is 3.63 Å². The van der Waals surface area contributed by atoms with Gasteiger partial charge in [0.25, 0.3) is 0 Å². The van der Waals surface area contributed by atoms with Gasteiger partial charge in [-0.2, -0.15) is 34.8 Å². The van der Waals surface area contributed by atoms with E-state index in [0.29, 0.717) is 14.7 Å². The number of halogens is 6. The molecule has 0 aromatic heterocycles. The molecule has 0 heterocycles. The molecule has 4 aromatic carbocycles. The van der Waals surface area contributed by atoms with Gasteiger partial charge in [0.15, 0.2) is 0 Å². The summed E-state index contributed by atoms with van der Waals surface area (Å²) in [5, 5.41) is 0. The summed E-state index contributed by atoms with van der Waals surface area (Å²) in [6.45, 7) is 0. The summed E-state index contributed by atoms with van der Waals surface area (Å²) in [7, 11) is -8.38. The molecule has 0 aliphatic carbocycles. The molecule has 3 nitrogen and oxygen atoms in total. The van der Waals surface area contributed by atoms with Crippen LogP contribution in [-0.2, 0) is 26.1 Å². The van der Waals surface area contributed by atoms with Gasteiger partial charge in [-0.3, -0.25) is 0 Å². The normalized spacial score (nSPS) is 13.4. The fourth-order valence-electron chi connectivity index (χ4n) is 3.61. The quantitative estimate of drug-likeness (QED) is 0.224. The van der Waals surface area contributed by atoms with Crippen molar-refractivity contribution in [2.24, 2.45) is 0 Å². The summed E-state index contributed by atoms with van der Waals surface area (Å²) >= 11 is 0. The van der Waals surface area contributed by atoms with E-state index in [1.165, 1.54) is 0 Å². The number of alkyl halides is 6. The van der Waals surface area contributed by atoms with Gasteiger partial charge in [-0.05, 0) is 64.9 Å². The van der Waals surface area contributed by atoms with Gasteiger partial charge in [0.2, 0.25) is 0 Å². The fourth-order valence-corrected chi connectivity index (χ4v) is 8.92. The molecule has 0 aliphatic rings. The number of hydrogen-bond donors (Lipinski definition) is 0. The van der Waals surface area contributed by atoms with E-state index in [1.807, 2.05) is 0 Å². The van der Waals surface area contributed by atoms with Crippen LogP contribution in [0.4, 0.5) is 26.3 Å². The lowest BCUT2D eigenvalue weighted by Gasteiger charge is -2.39. The van der Waals surface area contributed by atoms with Crippen LogP contribution in [0.5, 0.6) is 0 Å². The first kappa shape index (κ1) is 26.8. The minimum Gasteiger partial charge on any atom is -0.203 e. The molecule has 0 spiro atoms. The van der Waals surface area contributed by atoms with E-state index in [9.17, 15) is 34.8 Å². The summed E-state index contributed by atoms with van der Waals surface area (Å²) in [5.41, 5.74) is -3.52. The highest BCUT2D eigenvalue weighted by Crippen LogP contribution is 2.70. The van der Waals surface area contributed by atoms with Crippen molar-refractivity contribution < 1.29 is 38.4 Å². The first-order valence-corrected chi connectivity index (χ1v) is 13.5. The molecule has 0 unspecified atom stereocenters. The van der Waals surface area contributed by atoms with Gasteiger partial charge in [-0.15, -0.1) is 0 Å². The Morgan fingerprint density at radius 1 is 0.486 bits per heavy atom. The second-order valence-corrected chi connectivity index (χ2v) is 12.2. The molecule has 0 saturated carbocycles. The Balaban J connectivity index is 2.01. The lowest BCUT2D eigenvalue weighted by molar-refractivity contribution is -0.143. The maximum atomic E-state index is 13.6. The zero-order chi connectivity index (χ0) is 26.9. The third-order valence-corrected chi connectivity index (χ3v) is 10.4. The Morgan fingerprint density at radius 3 is 1.11 bits per heavy atom. The zero-order valence-electron chi connectivity index (χ0n) is 18.7. The molecule has 0 N–H and O–H groups in total. The van der Waals surface area contributed by atoms with Crippen LogP contribution in [0, 0.1) is 0 Å². The lowest BCUT2D eigenvalue weighted by Crippen LogP contribution is -2.17. The predicted octanol–water partition coefficient (Wildman–Crippen LogP) is 8.33. The third-order valence-electron chi connectivity index (χ3n) is 5.27. The molecular formula is C26H18F6O3S2. The number of hydrogen-bond acceptors (Lipinski definition) is 3. The van der Waals surface area contributed by atoms with Gasteiger partial charge < -0.3 is 0 Å². The van der Waals surface area contributed by atoms with E-state index < -0.39 is 48.8 Å². The SMILES string of the molecule is O=S(=O)(OS(c1ccccc1)(c1ccccc1)c1ccccc1)c1cc(C(F)(F)F)cc(C(F)(F)F)c1. The van der Waals surface area contributed by atoms with Gasteiger partial charge in [0.1, 0.15) is 0 Å². The number of rotatable bonds is 6. The Labute approximate surface area is 211 Å². The largest absolute Gasteiger partial charge is 0.416 e. The second-order valence-electron chi connectivity index (χ2n) is 7.76.